The number of nitrogens with one attached hydrogen (secondary N) is 1. The molecule has 104 valence electrons. The van der Waals surface area contributed by atoms with Gasteiger partial charge in [0.2, 0.25) is 10.0 Å². The van der Waals surface area contributed by atoms with Crippen molar-refractivity contribution < 1.29 is 13.2 Å². The quantitative estimate of drug-likeness (QED) is 0.820. The highest BCUT2D eigenvalue weighted by molar-refractivity contribution is 7.88. The minimum atomic E-state index is -3.45. The Morgan fingerprint density at radius 2 is 2.11 bits per heavy atom. The Morgan fingerprint density at radius 3 is 2.74 bits per heavy atom. The molecule has 1 aromatic carbocycles. The number of sulfonamides is 1. The van der Waals surface area contributed by atoms with E-state index in [0.29, 0.717) is 24.2 Å². The molecule has 0 aliphatic heterocycles. The second-order valence-electron chi connectivity index (χ2n) is 4.33. The summed E-state index contributed by atoms with van der Waals surface area (Å²) in [6, 6.07) is 8.49. The van der Waals surface area contributed by atoms with Crippen molar-refractivity contribution >= 4 is 10.0 Å². The van der Waals surface area contributed by atoms with Crippen molar-refractivity contribution in [1.82, 2.24) is 4.72 Å². The third-order valence-electron chi connectivity index (χ3n) is 2.62. The van der Waals surface area contributed by atoms with Gasteiger partial charge in [-0.15, -0.1) is 0 Å². The van der Waals surface area contributed by atoms with E-state index in [1.807, 2.05) is 6.07 Å². The van der Waals surface area contributed by atoms with Crippen LogP contribution < -0.4 is 4.72 Å². The lowest BCUT2D eigenvalue weighted by molar-refractivity contribution is 0.188. The van der Waals surface area contributed by atoms with E-state index in [9.17, 15) is 8.42 Å². The number of nitrogens with zero attached hydrogens (tertiary/aromatic N) is 1. The molecule has 0 amide bonds. The predicted molar refractivity (Wildman–Crippen MR) is 72.9 cm³/mol. The smallest absolute Gasteiger partial charge is 0.216 e. The van der Waals surface area contributed by atoms with Crippen molar-refractivity contribution in [1.29, 1.82) is 5.26 Å². The van der Waals surface area contributed by atoms with E-state index in [-0.39, 0.29) is 11.8 Å². The van der Waals surface area contributed by atoms with E-state index >= 15 is 0 Å². The molecule has 1 rings (SSSR count). The molecule has 19 heavy (non-hydrogen) atoms. The van der Waals surface area contributed by atoms with Crippen LogP contribution in [0.3, 0.4) is 0 Å². The van der Waals surface area contributed by atoms with Crippen molar-refractivity contribution in [2.75, 3.05) is 13.7 Å². The standard InChI is InChI=1S/C13H18N2O3S/c1-11(7-8-18-2)15-19(16,17)10-13-6-4-3-5-12(13)9-14/h3-6,11,15H,7-8,10H2,1-2H3. The third kappa shape index (κ3) is 5.39. The summed E-state index contributed by atoms with van der Waals surface area (Å²) in [5.41, 5.74) is 0.897. The molecule has 1 aromatic rings. The molecule has 1 N–H and O–H groups in total. The van der Waals surface area contributed by atoms with E-state index in [0.717, 1.165) is 0 Å². The Kier molecular flexibility index (Phi) is 5.96. The van der Waals surface area contributed by atoms with Gasteiger partial charge in [-0.25, -0.2) is 13.1 Å². The second-order valence-corrected chi connectivity index (χ2v) is 6.08. The number of nitriles is 1. The fourth-order valence-corrected chi connectivity index (χ4v) is 3.14. The van der Waals surface area contributed by atoms with Crippen molar-refractivity contribution in [3.8, 4) is 6.07 Å². The Hall–Kier alpha value is -1.42. The molecular formula is C13H18N2O3S. The van der Waals surface area contributed by atoms with E-state index in [2.05, 4.69) is 4.72 Å². The first-order valence-corrected chi connectivity index (χ1v) is 7.60. The molecule has 0 aromatic heterocycles. The zero-order valence-electron chi connectivity index (χ0n) is 11.1. The molecule has 0 aliphatic carbocycles. The van der Waals surface area contributed by atoms with Crippen LogP contribution in [-0.4, -0.2) is 28.2 Å². The van der Waals surface area contributed by atoms with Crippen LogP contribution in [0.2, 0.25) is 0 Å². The number of hydrogen-bond donors (Lipinski definition) is 1. The van der Waals surface area contributed by atoms with Crippen LogP contribution in [0, 0.1) is 11.3 Å². The van der Waals surface area contributed by atoms with Gasteiger partial charge in [-0.3, -0.25) is 0 Å². The van der Waals surface area contributed by atoms with Crippen LogP contribution in [0.1, 0.15) is 24.5 Å². The largest absolute Gasteiger partial charge is 0.385 e. The monoisotopic (exact) mass is 282 g/mol. The molecule has 0 saturated heterocycles. The average Bonchev–Trinajstić information content (AvgIpc) is 2.36. The fourth-order valence-electron chi connectivity index (χ4n) is 1.66. The van der Waals surface area contributed by atoms with Gasteiger partial charge in [-0.1, -0.05) is 18.2 Å². The van der Waals surface area contributed by atoms with Gasteiger partial charge in [0.25, 0.3) is 0 Å². The average molecular weight is 282 g/mol. The summed E-state index contributed by atoms with van der Waals surface area (Å²) < 4.78 is 31.4. The van der Waals surface area contributed by atoms with E-state index in [1.54, 1.807) is 38.3 Å². The Morgan fingerprint density at radius 1 is 1.42 bits per heavy atom. The highest BCUT2D eigenvalue weighted by Crippen LogP contribution is 2.11. The van der Waals surface area contributed by atoms with E-state index < -0.39 is 10.0 Å². The van der Waals surface area contributed by atoms with Gasteiger partial charge in [0.05, 0.1) is 17.4 Å². The van der Waals surface area contributed by atoms with Crippen molar-refractivity contribution in [3.63, 3.8) is 0 Å². The van der Waals surface area contributed by atoms with Crippen molar-refractivity contribution in [3.05, 3.63) is 35.4 Å². The van der Waals surface area contributed by atoms with Crippen LogP contribution >= 0.6 is 0 Å². The maximum atomic E-state index is 12.0. The van der Waals surface area contributed by atoms with Crippen LogP contribution in [0.15, 0.2) is 24.3 Å². The minimum absolute atomic E-state index is 0.186. The van der Waals surface area contributed by atoms with E-state index in [1.165, 1.54) is 0 Å². The number of benzene rings is 1. The first kappa shape index (κ1) is 15.6. The second kappa shape index (κ2) is 7.24. The van der Waals surface area contributed by atoms with Crippen LogP contribution in [0.4, 0.5) is 0 Å². The van der Waals surface area contributed by atoms with Crippen LogP contribution in [-0.2, 0) is 20.5 Å². The van der Waals surface area contributed by atoms with Gasteiger partial charge in [-0.2, -0.15) is 5.26 Å². The topological polar surface area (TPSA) is 79.2 Å². The highest BCUT2D eigenvalue weighted by atomic mass is 32.2. The van der Waals surface area contributed by atoms with Gasteiger partial charge in [-0.05, 0) is 25.0 Å². The van der Waals surface area contributed by atoms with Crippen molar-refractivity contribution in [2.24, 2.45) is 0 Å². The molecule has 1 atom stereocenters. The van der Waals surface area contributed by atoms with Gasteiger partial charge in [0.15, 0.2) is 0 Å². The summed E-state index contributed by atoms with van der Waals surface area (Å²) in [7, 11) is -1.88. The molecule has 0 heterocycles. The fraction of sp³-hybridized carbons (Fsp3) is 0.462. The molecule has 0 saturated carbocycles. The van der Waals surface area contributed by atoms with Gasteiger partial charge in [0, 0.05) is 19.8 Å². The summed E-state index contributed by atoms with van der Waals surface area (Å²) >= 11 is 0. The molecule has 5 nitrogen and oxygen atoms in total. The Labute approximate surface area is 114 Å². The molecular weight excluding hydrogens is 264 g/mol. The van der Waals surface area contributed by atoms with Gasteiger partial charge in [0.1, 0.15) is 0 Å². The molecule has 1 unspecified atom stereocenters. The zero-order chi connectivity index (χ0) is 14.3. The SMILES string of the molecule is COCCC(C)NS(=O)(=O)Cc1ccccc1C#N. The third-order valence-corrected chi connectivity index (χ3v) is 4.07. The summed E-state index contributed by atoms with van der Waals surface area (Å²) in [5, 5.41) is 8.93. The maximum absolute atomic E-state index is 12.0. The molecule has 6 heteroatoms. The number of hydrogen-bond acceptors (Lipinski definition) is 4. The predicted octanol–water partition coefficient (Wildman–Crippen LogP) is 1.40. The Bertz CT molecular complexity index is 549. The molecule has 0 radical (unpaired) electrons. The van der Waals surface area contributed by atoms with Gasteiger partial charge < -0.3 is 4.74 Å². The first-order valence-electron chi connectivity index (χ1n) is 5.95. The maximum Gasteiger partial charge on any atom is 0.216 e. The molecule has 0 spiro atoms. The van der Waals surface area contributed by atoms with E-state index in [4.69, 9.17) is 10.00 Å². The first-order chi connectivity index (χ1) is 8.98. The summed E-state index contributed by atoms with van der Waals surface area (Å²) in [4.78, 5) is 0. The highest BCUT2D eigenvalue weighted by Gasteiger charge is 2.16. The summed E-state index contributed by atoms with van der Waals surface area (Å²) in [6.45, 7) is 2.28. The summed E-state index contributed by atoms with van der Waals surface area (Å²) in [5.74, 6) is -0.186. The minimum Gasteiger partial charge on any atom is -0.385 e. The molecule has 0 aliphatic rings. The van der Waals surface area contributed by atoms with Crippen LogP contribution in [0.25, 0.3) is 0 Å². The lowest BCUT2D eigenvalue weighted by atomic mass is 10.1. The number of methoxy groups -OCH3 is 1. The number of rotatable bonds is 7. The lowest BCUT2D eigenvalue weighted by Gasteiger charge is -2.14. The zero-order valence-corrected chi connectivity index (χ0v) is 11.9. The van der Waals surface area contributed by atoms with Crippen molar-refractivity contribution in [2.45, 2.75) is 25.1 Å². The number of ether oxygens (including phenoxy) is 1. The van der Waals surface area contributed by atoms with Crippen LogP contribution in [0.5, 0.6) is 0 Å². The molecule has 0 fully saturated rings. The summed E-state index contributed by atoms with van der Waals surface area (Å²) in [6.07, 6.45) is 0.607. The lowest BCUT2D eigenvalue weighted by Crippen LogP contribution is -2.34. The normalized spacial score (nSPS) is 12.9. The van der Waals surface area contributed by atoms with Gasteiger partial charge >= 0.3 is 0 Å². The Balaban J connectivity index is 2.72. The molecule has 0 bridgehead atoms.